The highest BCUT2D eigenvalue weighted by Crippen LogP contribution is 2.39. The zero-order valence-corrected chi connectivity index (χ0v) is 13.9. The van der Waals surface area contributed by atoms with Crippen molar-refractivity contribution < 1.29 is 9.66 Å². The predicted octanol–water partition coefficient (Wildman–Crippen LogP) is 3.58. The normalized spacial score (nSPS) is 14.8. The van der Waals surface area contributed by atoms with Gasteiger partial charge in [-0.2, -0.15) is 0 Å². The molecule has 2 aromatic carbocycles. The Labute approximate surface area is 141 Å². The number of benzene rings is 2. The van der Waals surface area contributed by atoms with Gasteiger partial charge in [-0.05, 0) is 36.4 Å². The molecule has 0 saturated heterocycles. The van der Waals surface area contributed by atoms with Crippen molar-refractivity contribution in [2.75, 3.05) is 31.6 Å². The van der Waals surface area contributed by atoms with Crippen molar-refractivity contribution >= 4 is 17.1 Å². The van der Waals surface area contributed by atoms with Crippen LogP contribution in [0.4, 0.5) is 17.1 Å². The molecule has 0 unspecified atom stereocenters. The number of methoxy groups -OCH3 is 1. The number of fused-ring (bicyclic) bond motifs is 1. The van der Waals surface area contributed by atoms with Gasteiger partial charge in [-0.15, -0.1) is 0 Å². The number of anilines is 2. The minimum atomic E-state index is -0.295. The molecule has 6 heteroatoms. The summed E-state index contributed by atoms with van der Waals surface area (Å²) in [4.78, 5) is 15.6. The minimum absolute atomic E-state index is 0.154. The second-order valence-electron chi connectivity index (χ2n) is 5.76. The maximum Gasteiger partial charge on any atom is 0.293 e. The van der Waals surface area contributed by atoms with Crippen molar-refractivity contribution in [3.05, 3.63) is 58.1 Å². The molecule has 0 atom stereocenters. The summed E-state index contributed by atoms with van der Waals surface area (Å²) in [6.07, 6.45) is 0. The van der Waals surface area contributed by atoms with Gasteiger partial charge in [0.15, 0.2) is 0 Å². The van der Waals surface area contributed by atoms with Crippen LogP contribution in [0.25, 0.3) is 0 Å². The van der Waals surface area contributed by atoms with Gasteiger partial charge in [0.1, 0.15) is 11.4 Å². The van der Waals surface area contributed by atoms with Gasteiger partial charge >= 0.3 is 0 Å². The molecule has 1 heterocycles. The van der Waals surface area contributed by atoms with E-state index in [2.05, 4.69) is 11.8 Å². The summed E-state index contributed by atoms with van der Waals surface area (Å²) in [5, 5.41) is 11.6. The average molecular weight is 327 g/mol. The molecule has 1 aliphatic heterocycles. The van der Waals surface area contributed by atoms with Crippen molar-refractivity contribution in [3.8, 4) is 5.75 Å². The van der Waals surface area contributed by atoms with E-state index in [0.29, 0.717) is 12.2 Å². The number of hydrogen-bond donors (Lipinski definition) is 0. The third kappa shape index (κ3) is 3.05. The van der Waals surface area contributed by atoms with Crippen LogP contribution in [0, 0.1) is 10.1 Å². The number of ether oxygens (including phenoxy) is 1. The Balaban J connectivity index is 2.11. The Morgan fingerprint density at radius 3 is 2.54 bits per heavy atom. The number of nitro groups is 1. The average Bonchev–Trinajstić information content (AvgIpc) is 2.80. The molecule has 0 radical (unpaired) electrons. The van der Waals surface area contributed by atoms with Gasteiger partial charge in [0.2, 0.25) is 0 Å². The molecule has 0 aliphatic carbocycles. The number of hydrogen-bond acceptors (Lipinski definition) is 5. The molecule has 2 aromatic rings. The highest BCUT2D eigenvalue weighted by atomic mass is 16.6. The number of para-hydroxylation sites is 1. The highest BCUT2D eigenvalue weighted by molar-refractivity contribution is 5.76. The molecular weight excluding hydrogens is 306 g/mol. The van der Waals surface area contributed by atoms with Crippen molar-refractivity contribution in [2.24, 2.45) is 0 Å². The maximum absolute atomic E-state index is 11.6. The summed E-state index contributed by atoms with van der Waals surface area (Å²) in [6.45, 7) is 5.31. The summed E-state index contributed by atoms with van der Waals surface area (Å²) in [5.41, 5.74) is 2.77. The predicted molar refractivity (Wildman–Crippen MR) is 94.0 cm³/mol. The fourth-order valence-corrected chi connectivity index (χ4v) is 3.13. The van der Waals surface area contributed by atoms with Crippen LogP contribution in [0.3, 0.4) is 0 Å². The molecule has 126 valence electrons. The van der Waals surface area contributed by atoms with Crippen LogP contribution in [0.2, 0.25) is 0 Å². The van der Waals surface area contributed by atoms with Gasteiger partial charge < -0.3 is 9.64 Å². The Hall–Kier alpha value is -2.60. The van der Waals surface area contributed by atoms with Gasteiger partial charge in [-0.3, -0.25) is 15.0 Å². The second-order valence-corrected chi connectivity index (χ2v) is 5.76. The van der Waals surface area contributed by atoms with Crippen LogP contribution >= 0.6 is 0 Å². The van der Waals surface area contributed by atoms with Crippen LogP contribution in [0.1, 0.15) is 12.5 Å². The van der Waals surface area contributed by atoms with Gasteiger partial charge in [-0.25, -0.2) is 0 Å². The highest BCUT2D eigenvalue weighted by Gasteiger charge is 2.27. The summed E-state index contributed by atoms with van der Waals surface area (Å²) in [6, 6.07) is 13.0. The maximum atomic E-state index is 11.6. The van der Waals surface area contributed by atoms with E-state index < -0.39 is 0 Å². The molecule has 0 saturated carbocycles. The zero-order valence-electron chi connectivity index (χ0n) is 13.9. The lowest BCUT2D eigenvalue weighted by Gasteiger charge is -2.24. The topological polar surface area (TPSA) is 58.8 Å². The molecule has 0 fully saturated rings. The Morgan fingerprint density at radius 2 is 1.92 bits per heavy atom. The van der Waals surface area contributed by atoms with Crippen LogP contribution in [-0.4, -0.2) is 36.6 Å². The molecule has 0 bridgehead atoms. The van der Waals surface area contributed by atoms with Crippen molar-refractivity contribution in [1.29, 1.82) is 0 Å². The third-order valence-electron chi connectivity index (χ3n) is 4.43. The lowest BCUT2D eigenvalue weighted by molar-refractivity contribution is -0.384. The number of nitro benzene ring substituents is 1. The minimum Gasteiger partial charge on any atom is -0.497 e. The number of likely N-dealkylation sites (N-methyl/N-ethyl adjacent to an activating group) is 1. The van der Waals surface area contributed by atoms with Crippen molar-refractivity contribution in [2.45, 2.75) is 13.5 Å². The molecule has 0 spiro atoms. The van der Waals surface area contributed by atoms with Gasteiger partial charge in [0.05, 0.1) is 12.0 Å². The molecule has 24 heavy (non-hydrogen) atoms. The van der Waals surface area contributed by atoms with E-state index in [4.69, 9.17) is 4.74 Å². The lowest BCUT2D eigenvalue weighted by Crippen LogP contribution is -2.28. The summed E-state index contributed by atoms with van der Waals surface area (Å²) >= 11 is 0. The third-order valence-corrected chi connectivity index (χ3v) is 4.43. The van der Waals surface area contributed by atoms with Crippen molar-refractivity contribution in [3.63, 3.8) is 0 Å². The smallest absolute Gasteiger partial charge is 0.293 e. The first-order valence-corrected chi connectivity index (χ1v) is 8.04. The Morgan fingerprint density at radius 1 is 1.17 bits per heavy atom. The SMILES string of the molecule is CCN1CCN(c2ccc(OC)cc2)c2c(cccc2[N+](=O)[O-])C1. The molecule has 3 rings (SSSR count). The molecule has 6 nitrogen and oxygen atoms in total. The van der Waals surface area contributed by atoms with Crippen LogP contribution < -0.4 is 9.64 Å². The van der Waals surface area contributed by atoms with Crippen LogP contribution in [-0.2, 0) is 6.54 Å². The Kier molecular flexibility index (Phi) is 4.66. The molecule has 0 N–H and O–H groups in total. The fraction of sp³-hybridized carbons (Fsp3) is 0.333. The van der Waals surface area contributed by atoms with E-state index in [0.717, 1.165) is 36.6 Å². The van der Waals surface area contributed by atoms with E-state index in [1.54, 1.807) is 19.2 Å². The molecule has 0 amide bonds. The number of nitrogens with zero attached hydrogens (tertiary/aromatic N) is 3. The lowest BCUT2D eigenvalue weighted by atomic mass is 10.1. The molecule has 0 aromatic heterocycles. The zero-order chi connectivity index (χ0) is 17.1. The first-order chi connectivity index (χ1) is 11.6. The summed E-state index contributed by atoms with van der Waals surface area (Å²) in [7, 11) is 1.63. The van der Waals surface area contributed by atoms with Crippen LogP contribution in [0.5, 0.6) is 5.75 Å². The van der Waals surface area contributed by atoms with Crippen LogP contribution in [0.15, 0.2) is 42.5 Å². The van der Waals surface area contributed by atoms with E-state index in [9.17, 15) is 10.1 Å². The first kappa shape index (κ1) is 16.3. The quantitative estimate of drug-likeness (QED) is 0.634. The van der Waals surface area contributed by atoms with E-state index in [-0.39, 0.29) is 10.6 Å². The number of rotatable bonds is 4. The Bertz CT molecular complexity index is 731. The standard InChI is InChI=1S/C18H21N3O3/c1-3-19-11-12-20(15-7-9-16(24-2)10-8-15)18-14(13-19)5-4-6-17(18)21(22)23/h4-10H,3,11-13H2,1-2H3. The van der Waals surface area contributed by atoms with Gasteiger partial charge in [0.25, 0.3) is 5.69 Å². The van der Waals surface area contributed by atoms with E-state index in [1.807, 2.05) is 35.2 Å². The fourth-order valence-electron chi connectivity index (χ4n) is 3.13. The summed E-state index contributed by atoms with van der Waals surface area (Å²) < 4.78 is 5.21. The summed E-state index contributed by atoms with van der Waals surface area (Å²) in [5.74, 6) is 0.770. The van der Waals surface area contributed by atoms with Crippen molar-refractivity contribution in [1.82, 2.24) is 4.90 Å². The van der Waals surface area contributed by atoms with E-state index in [1.165, 1.54) is 0 Å². The van der Waals surface area contributed by atoms with E-state index >= 15 is 0 Å². The molecule has 1 aliphatic rings. The largest absolute Gasteiger partial charge is 0.497 e. The molecular formula is C18H21N3O3. The first-order valence-electron chi connectivity index (χ1n) is 8.04. The van der Waals surface area contributed by atoms with Gasteiger partial charge in [-0.1, -0.05) is 19.1 Å². The van der Waals surface area contributed by atoms with Gasteiger partial charge in [0, 0.05) is 31.4 Å². The monoisotopic (exact) mass is 327 g/mol. The second kappa shape index (κ2) is 6.88.